The fraction of sp³-hybridized carbons (Fsp3) is 1.00. The first-order chi connectivity index (χ1) is 9.78. The van der Waals surface area contributed by atoms with E-state index in [2.05, 4.69) is 27.7 Å². The lowest BCUT2D eigenvalue weighted by Crippen LogP contribution is -2.09. The molecule has 0 aliphatic heterocycles. The molecular weight excluding hydrogens is 286 g/mol. The van der Waals surface area contributed by atoms with Gasteiger partial charge in [0.1, 0.15) is 0 Å². The Morgan fingerprint density at radius 1 is 0.550 bits per heavy atom. The summed E-state index contributed by atoms with van der Waals surface area (Å²) >= 11 is 0. The van der Waals surface area contributed by atoms with Gasteiger partial charge < -0.3 is 9.47 Å². The second-order valence-electron chi connectivity index (χ2n) is 5.08. The van der Waals surface area contributed by atoms with Crippen LogP contribution in [0.2, 0.25) is 0 Å². The molecule has 0 saturated carbocycles. The maximum Gasteiger partial charge on any atom is 0.0505 e. The van der Waals surface area contributed by atoms with E-state index in [1.54, 1.807) is 0 Å². The summed E-state index contributed by atoms with van der Waals surface area (Å²) < 4.78 is 11.1. The number of ether oxygens (including phenoxy) is 2. The molecule has 0 rings (SSSR count). The monoisotopic (exact) mass is 322 g/mol. The van der Waals surface area contributed by atoms with Crippen LogP contribution in [-0.2, 0) is 9.47 Å². The minimum atomic E-state index is 0.128. The third kappa shape index (κ3) is 12.5. The van der Waals surface area contributed by atoms with Crippen molar-refractivity contribution < 1.29 is 9.47 Å². The van der Waals surface area contributed by atoms with E-state index >= 15 is 0 Å². The molecule has 0 aliphatic rings. The fourth-order valence-electron chi connectivity index (χ4n) is 2.26. The summed E-state index contributed by atoms with van der Waals surface area (Å²) in [7, 11) is 0.432. The Bertz CT molecular complexity index is 175. The molecule has 0 aliphatic carbocycles. The van der Waals surface area contributed by atoms with E-state index in [9.17, 15) is 0 Å². The molecule has 0 bridgehead atoms. The Morgan fingerprint density at radius 3 is 1.30 bits per heavy atom. The summed E-state index contributed by atoms with van der Waals surface area (Å²) in [5, 5.41) is 0. The van der Waals surface area contributed by atoms with E-state index in [1.807, 2.05) is 0 Å². The smallest absolute Gasteiger partial charge is 0.0505 e. The number of rotatable bonds is 15. The minimum absolute atomic E-state index is 0.128. The standard InChI is InChI=1S/C16H36O2P2/c1-5-11-19(12-6-2)15-16-20(13-9-17-7-3)14-10-18-8-4/h5-16H2,1-4H3. The molecule has 0 radical (unpaired) electrons. The van der Waals surface area contributed by atoms with Crippen molar-refractivity contribution in [1.82, 2.24) is 0 Å². The molecule has 20 heavy (non-hydrogen) atoms. The van der Waals surface area contributed by atoms with Crippen molar-refractivity contribution in [3.05, 3.63) is 0 Å². The highest BCUT2D eigenvalue weighted by Crippen LogP contribution is 2.43. The molecular formula is C16H36O2P2. The molecule has 0 unspecified atom stereocenters. The van der Waals surface area contributed by atoms with Crippen molar-refractivity contribution in [2.24, 2.45) is 0 Å². The first kappa shape index (κ1) is 20.8. The molecule has 0 atom stereocenters. The zero-order valence-electron chi connectivity index (χ0n) is 14.2. The van der Waals surface area contributed by atoms with Gasteiger partial charge in [-0.25, -0.2) is 0 Å². The van der Waals surface area contributed by atoms with E-state index in [-0.39, 0.29) is 7.92 Å². The van der Waals surface area contributed by atoms with E-state index < -0.39 is 0 Å². The zero-order valence-corrected chi connectivity index (χ0v) is 16.0. The van der Waals surface area contributed by atoms with E-state index in [0.29, 0.717) is 7.92 Å². The van der Waals surface area contributed by atoms with Crippen LogP contribution in [0.1, 0.15) is 40.5 Å². The average molecular weight is 322 g/mol. The predicted octanol–water partition coefficient (Wildman–Crippen LogP) is 4.84. The molecule has 4 heteroatoms. The van der Waals surface area contributed by atoms with Crippen LogP contribution in [0.15, 0.2) is 0 Å². The molecule has 0 saturated heterocycles. The molecule has 0 aromatic carbocycles. The lowest BCUT2D eigenvalue weighted by Gasteiger charge is -2.22. The summed E-state index contributed by atoms with van der Waals surface area (Å²) in [6.07, 6.45) is 11.2. The highest BCUT2D eigenvalue weighted by atomic mass is 31.1. The SMILES string of the molecule is CCCP(CCC)CCP(CCOCC)CCOCC. The highest BCUT2D eigenvalue weighted by molar-refractivity contribution is 7.61. The van der Waals surface area contributed by atoms with Crippen LogP contribution in [0.25, 0.3) is 0 Å². The second kappa shape index (κ2) is 16.2. The Balaban J connectivity index is 4.01. The third-order valence-corrected chi connectivity index (χ3v) is 9.18. The summed E-state index contributed by atoms with van der Waals surface area (Å²) in [5.74, 6) is 0. The molecule has 2 nitrogen and oxygen atoms in total. The van der Waals surface area contributed by atoms with Crippen LogP contribution < -0.4 is 0 Å². The second-order valence-corrected chi connectivity index (χ2v) is 10.4. The quantitative estimate of drug-likeness (QED) is 0.317. The van der Waals surface area contributed by atoms with Gasteiger partial charge >= 0.3 is 0 Å². The molecule has 0 amide bonds. The number of hydrogen-bond donors (Lipinski definition) is 0. The Kier molecular flexibility index (Phi) is 16.8. The van der Waals surface area contributed by atoms with Gasteiger partial charge in [0.15, 0.2) is 0 Å². The van der Waals surface area contributed by atoms with Crippen molar-refractivity contribution in [2.45, 2.75) is 40.5 Å². The maximum absolute atomic E-state index is 5.55. The largest absolute Gasteiger partial charge is 0.381 e. The van der Waals surface area contributed by atoms with Crippen molar-refractivity contribution in [1.29, 1.82) is 0 Å². The molecule has 0 fully saturated rings. The topological polar surface area (TPSA) is 18.5 Å². The van der Waals surface area contributed by atoms with Gasteiger partial charge in [-0.15, -0.1) is 15.8 Å². The summed E-state index contributed by atoms with van der Waals surface area (Å²) in [6.45, 7) is 12.5. The van der Waals surface area contributed by atoms with Crippen molar-refractivity contribution in [2.75, 3.05) is 63.4 Å². The van der Waals surface area contributed by atoms with Gasteiger partial charge in [0.05, 0.1) is 13.2 Å². The summed E-state index contributed by atoms with van der Waals surface area (Å²) in [6, 6.07) is 0. The van der Waals surface area contributed by atoms with E-state index in [4.69, 9.17) is 9.47 Å². The first-order valence-corrected chi connectivity index (χ1v) is 12.2. The molecule has 0 heterocycles. The van der Waals surface area contributed by atoms with E-state index in [0.717, 1.165) is 26.4 Å². The molecule has 0 spiro atoms. The molecule has 0 aromatic heterocycles. The molecule has 122 valence electrons. The lowest BCUT2D eigenvalue weighted by molar-refractivity contribution is 0.160. The maximum atomic E-state index is 5.55. The van der Waals surface area contributed by atoms with Gasteiger partial charge in [0, 0.05) is 13.2 Å². The third-order valence-electron chi connectivity index (χ3n) is 3.32. The molecule has 0 N–H and O–H groups in total. The van der Waals surface area contributed by atoms with Gasteiger partial charge in [0.2, 0.25) is 0 Å². The van der Waals surface area contributed by atoms with Crippen LogP contribution in [0, 0.1) is 0 Å². The van der Waals surface area contributed by atoms with Crippen molar-refractivity contribution in [3.8, 4) is 0 Å². The van der Waals surface area contributed by atoms with Gasteiger partial charge in [0.25, 0.3) is 0 Å². The molecule has 0 aromatic rings. The van der Waals surface area contributed by atoms with Crippen LogP contribution in [0.4, 0.5) is 0 Å². The first-order valence-electron chi connectivity index (χ1n) is 8.38. The predicted molar refractivity (Wildman–Crippen MR) is 96.6 cm³/mol. The van der Waals surface area contributed by atoms with Gasteiger partial charge in [-0.05, 0) is 50.8 Å². The van der Waals surface area contributed by atoms with Crippen LogP contribution >= 0.6 is 15.8 Å². The zero-order chi connectivity index (χ0) is 15.1. The van der Waals surface area contributed by atoms with E-state index in [1.165, 1.54) is 49.8 Å². The highest BCUT2D eigenvalue weighted by Gasteiger charge is 2.12. The fourth-order valence-corrected chi connectivity index (χ4v) is 7.91. The Hall–Kier alpha value is 0.780. The minimum Gasteiger partial charge on any atom is -0.381 e. The van der Waals surface area contributed by atoms with Gasteiger partial charge in [-0.1, -0.05) is 26.7 Å². The Labute approximate surface area is 129 Å². The summed E-state index contributed by atoms with van der Waals surface area (Å²) in [5.41, 5.74) is 0. The number of hydrogen-bond acceptors (Lipinski definition) is 2. The van der Waals surface area contributed by atoms with Crippen LogP contribution in [-0.4, -0.2) is 63.4 Å². The van der Waals surface area contributed by atoms with Crippen LogP contribution in [0.5, 0.6) is 0 Å². The average Bonchev–Trinajstić information content (AvgIpc) is 2.45. The Morgan fingerprint density at radius 2 is 0.950 bits per heavy atom. The van der Waals surface area contributed by atoms with Gasteiger partial charge in [-0.3, -0.25) is 0 Å². The van der Waals surface area contributed by atoms with Crippen molar-refractivity contribution in [3.63, 3.8) is 0 Å². The lowest BCUT2D eigenvalue weighted by atomic mass is 10.6. The van der Waals surface area contributed by atoms with Gasteiger partial charge in [-0.2, -0.15) is 0 Å². The van der Waals surface area contributed by atoms with Crippen LogP contribution in [0.3, 0.4) is 0 Å². The summed E-state index contributed by atoms with van der Waals surface area (Å²) in [4.78, 5) is 0. The normalized spacial score (nSPS) is 11.7. The van der Waals surface area contributed by atoms with Crippen molar-refractivity contribution >= 4 is 15.8 Å².